The minimum atomic E-state index is -0.904. The van der Waals surface area contributed by atoms with Gasteiger partial charge < -0.3 is 15.7 Å². The van der Waals surface area contributed by atoms with Crippen molar-refractivity contribution in [2.75, 3.05) is 5.32 Å². The number of carboxylic acids is 1. The molecule has 2 aliphatic rings. The summed E-state index contributed by atoms with van der Waals surface area (Å²) >= 11 is 1.53. The first-order chi connectivity index (χ1) is 13.9. The van der Waals surface area contributed by atoms with E-state index in [1.165, 1.54) is 16.2 Å². The van der Waals surface area contributed by atoms with E-state index in [0.717, 1.165) is 56.9 Å². The molecule has 0 radical (unpaired) electrons. The second-order valence-electron chi connectivity index (χ2n) is 8.64. The number of carboxylic acid groups (broad SMARTS) is 1. The number of carbonyl (C=O) groups is 3. The zero-order valence-corrected chi connectivity index (χ0v) is 18.2. The number of carbonyl (C=O) groups excluding carboxylic acids is 2. The van der Waals surface area contributed by atoms with Crippen molar-refractivity contribution in [3.8, 4) is 0 Å². The van der Waals surface area contributed by atoms with Crippen LogP contribution in [0.15, 0.2) is 0 Å². The summed E-state index contributed by atoms with van der Waals surface area (Å²) in [7, 11) is 0. The fourth-order valence-corrected chi connectivity index (χ4v) is 5.90. The second kappa shape index (κ2) is 9.74. The van der Waals surface area contributed by atoms with Gasteiger partial charge in [0.15, 0.2) is 0 Å². The number of rotatable bonds is 8. The third-order valence-corrected chi connectivity index (χ3v) is 7.34. The summed E-state index contributed by atoms with van der Waals surface area (Å²) in [4.78, 5) is 37.7. The van der Waals surface area contributed by atoms with E-state index in [1.807, 2.05) is 0 Å². The molecule has 6 nitrogen and oxygen atoms in total. The third-order valence-electron chi connectivity index (χ3n) is 6.17. The fourth-order valence-electron chi connectivity index (χ4n) is 4.52. The lowest BCUT2D eigenvalue weighted by atomic mass is 9.85. The predicted molar refractivity (Wildman–Crippen MR) is 115 cm³/mol. The summed E-state index contributed by atoms with van der Waals surface area (Å²) in [6, 6.07) is 0.226. The molecule has 1 heterocycles. The molecular formula is C22H32N2O4S. The zero-order chi connectivity index (χ0) is 21.0. The Balaban J connectivity index is 1.79. The molecule has 0 aliphatic heterocycles. The molecule has 2 aliphatic carbocycles. The Morgan fingerprint density at radius 1 is 1.17 bits per heavy atom. The molecule has 3 rings (SSSR count). The zero-order valence-electron chi connectivity index (χ0n) is 17.4. The van der Waals surface area contributed by atoms with Crippen LogP contribution in [-0.4, -0.2) is 28.9 Å². The first-order valence-corrected chi connectivity index (χ1v) is 11.7. The lowest BCUT2D eigenvalue weighted by Gasteiger charge is -2.21. The molecule has 3 N–H and O–H groups in total. The van der Waals surface area contributed by atoms with Crippen LogP contribution in [0.4, 0.5) is 5.00 Å². The normalized spacial score (nSPS) is 20.1. The van der Waals surface area contributed by atoms with Crippen LogP contribution in [0.3, 0.4) is 0 Å². The smallest absolute Gasteiger partial charge is 0.303 e. The minimum Gasteiger partial charge on any atom is -0.481 e. The lowest BCUT2D eigenvalue weighted by Crippen LogP contribution is -2.33. The van der Waals surface area contributed by atoms with E-state index in [9.17, 15) is 14.4 Å². The molecule has 1 aromatic heterocycles. The van der Waals surface area contributed by atoms with Crippen LogP contribution in [0.5, 0.6) is 0 Å². The van der Waals surface area contributed by atoms with Gasteiger partial charge in [-0.05, 0) is 49.5 Å². The number of anilines is 1. The Morgan fingerprint density at radius 3 is 2.55 bits per heavy atom. The standard InChI is InChI=1S/C22H32N2O4S/c1-3-14-8-9-16-17(12-14)29-22(24-18(25)10-13(2)11-19(26)27)20(16)21(28)23-15-6-4-5-7-15/h13-15H,3-12H2,1-2H3,(H,23,28)(H,24,25)(H,26,27)/t13-,14-/m1/s1. The molecule has 1 saturated carbocycles. The highest BCUT2D eigenvalue weighted by molar-refractivity contribution is 7.17. The summed E-state index contributed by atoms with van der Waals surface area (Å²) in [5.41, 5.74) is 1.75. The van der Waals surface area contributed by atoms with Crippen LogP contribution in [0, 0.1) is 11.8 Å². The van der Waals surface area contributed by atoms with Gasteiger partial charge >= 0.3 is 5.97 Å². The average Bonchev–Trinajstić information content (AvgIpc) is 3.26. The highest BCUT2D eigenvalue weighted by Gasteiger charge is 2.30. The van der Waals surface area contributed by atoms with Gasteiger partial charge in [-0.2, -0.15) is 0 Å². The molecule has 2 atom stereocenters. The van der Waals surface area contributed by atoms with Crippen LogP contribution in [-0.2, 0) is 22.4 Å². The maximum absolute atomic E-state index is 13.1. The van der Waals surface area contributed by atoms with Gasteiger partial charge in [-0.1, -0.05) is 33.1 Å². The summed E-state index contributed by atoms with van der Waals surface area (Å²) < 4.78 is 0. The first-order valence-electron chi connectivity index (χ1n) is 10.8. The van der Waals surface area contributed by atoms with Crippen LogP contribution < -0.4 is 10.6 Å². The van der Waals surface area contributed by atoms with Gasteiger partial charge in [-0.3, -0.25) is 14.4 Å². The minimum absolute atomic E-state index is 0.0401. The van der Waals surface area contributed by atoms with Gasteiger partial charge in [0.2, 0.25) is 5.91 Å². The van der Waals surface area contributed by atoms with Crippen molar-refractivity contribution in [1.29, 1.82) is 0 Å². The van der Waals surface area contributed by atoms with E-state index in [4.69, 9.17) is 5.11 Å². The van der Waals surface area contributed by atoms with Gasteiger partial charge in [0.25, 0.3) is 5.91 Å². The number of aliphatic carboxylic acids is 1. The molecule has 1 fully saturated rings. The maximum Gasteiger partial charge on any atom is 0.303 e. The SMILES string of the molecule is CC[C@@H]1CCc2c(sc(NC(=O)C[C@@H](C)CC(=O)O)c2C(=O)NC2CCCC2)C1. The van der Waals surface area contributed by atoms with Crippen LogP contribution in [0.1, 0.15) is 86.0 Å². The van der Waals surface area contributed by atoms with E-state index in [-0.39, 0.29) is 36.6 Å². The first kappa shape index (κ1) is 21.8. The van der Waals surface area contributed by atoms with Gasteiger partial charge in [-0.15, -0.1) is 11.3 Å². The topological polar surface area (TPSA) is 95.5 Å². The molecule has 0 unspecified atom stereocenters. The van der Waals surface area contributed by atoms with Crippen LogP contribution in [0.2, 0.25) is 0 Å². The van der Waals surface area contributed by atoms with Crippen molar-refractivity contribution in [1.82, 2.24) is 5.32 Å². The van der Waals surface area contributed by atoms with Gasteiger partial charge in [-0.25, -0.2) is 0 Å². The highest BCUT2D eigenvalue weighted by Crippen LogP contribution is 2.40. The number of thiophene rings is 1. The molecule has 0 aromatic carbocycles. The Kier molecular flexibility index (Phi) is 7.33. The lowest BCUT2D eigenvalue weighted by molar-refractivity contribution is -0.138. The van der Waals surface area contributed by atoms with Crippen LogP contribution >= 0.6 is 11.3 Å². The summed E-state index contributed by atoms with van der Waals surface area (Å²) in [5.74, 6) is -0.815. The fraction of sp³-hybridized carbons (Fsp3) is 0.682. The largest absolute Gasteiger partial charge is 0.481 e. The maximum atomic E-state index is 13.1. The van der Waals surface area contributed by atoms with Crippen molar-refractivity contribution >= 4 is 34.1 Å². The van der Waals surface area contributed by atoms with E-state index in [2.05, 4.69) is 17.6 Å². The van der Waals surface area contributed by atoms with Crippen molar-refractivity contribution in [3.05, 3.63) is 16.0 Å². The highest BCUT2D eigenvalue weighted by atomic mass is 32.1. The van der Waals surface area contributed by atoms with Crippen molar-refractivity contribution < 1.29 is 19.5 Å². The predicted octanol–water partition coefficient (Wildman–Crippen LogP) is 4.37. The molecule has 7 heteroatoms. The molecule has 29 heavy (non-hydrogen) atoms. The Labute approximate surface area is 176 Å². The Morgan fingerprint density at radius 2 is 1.90 bits per heavy atom. The number of nitrogens with one attached hydrogen (secondary N) is 2. The van der Waals surface area contributed by atoms with Gasteiger partial charge in [0.05, 0.1) is 5.56 Å². The monoisotopic (exact) mass is 420 g/mol. The number of hydrogen-bond acceptors (Lipinski definition) is 4. The molecule has 1 aromatic rings. The summed E-state index contributed by atoms with van der Waals surface area (Å²) in [5, 5.41) is 15.7. The van der Waals surface area contributed by atoms with E-state index in [1.54, 1.807) is 6.92 Å². The summed E-state index contributed by atoms with van der Waals surface area (Å²) in [6.45, 7) is 3.95. The molecule has 0 bridgehead atoms. The Hall–Kier alpha value is -1.89. The number of fused-ring (bicyclic) bond motifs is 1. The van der Waals surface area contributed by atoms with E-state index >= 15 is 0 Å². The third kappa shape index (κ3) is 5.59. The molecule has 0 spiro atoms. The Bertz CT molecular complexity index is 767. The van der Waals surface area contributed by atoms with Crippen molar-refractivity contribution in [2.24, 2.45) is 11.8 Å². The molecule has 2 amide bonds. The molecule has 0 saturated heterocycles. The molecular weight excluding hydrogens is 388 g/mol. The van der Waals surface area contributed by atoms with Crippen molar-refractivity contribution in [2.45, 2.75) is 84.1 Å². The van der Waals surface area contributed by atoms with Crippen LogP contribution in [0.25, 0.3) is 0 Å². The van der Waals surface area contributed by atoms with E-state index < -0.39 is 5.97 Å². The molecule has 160 valence electrons. The van der Waals surface area contributed by atoms with Gasteiger partial charge in [0.1, 0.15) is 5.00 Å². The number of amides is 2. The number of hydrogen-bond donors (Lipinski definition) is 3. The quantitative estimate of drug-likeness (QED) is 0.582. The average molecular weight is 421 g/mol. The van der Waals surface area contributed by atoms with Crippen molar-refractivity contribution in [3.63, 3.8) is 0 Å². The second-order valence-corrected chi connectivity index (χ2v) is 9.74. The summed E-state index contributed by atoms with van der Waals surface area (Å²) in [6.07, 6.45) is 8.47. The van der Waals surface area contributed by atoms with Gasteiger partial charge in [0, 0.05) is 23.8 Å². The van der Waals surface area contributed by atoms with E-state index in [0.29, 0.717) is 16.5 Å².